The van der Waals surface area contributed by atoms with Gasteiger partial charge in [0.25, 0.3) is 5.91 Å². The molecular formula is C23H25N3O3. The Labute approximate surface area is 170 Å². The van der Waals surface area contributed by atoms with Gasteiger partial charge in [-0.05, 0) is 61.6 Å². The molecule has 0 atom stereocenters. The van der Waals surface area contributed by atoms with Gasteiger partial charge in [0.05, 0.1) is 5.54 Å². The number of carbonyl (C=O) groups excluding carboxylic acids is 2. The lowest BCUT2D eigenvalue weighted by Crippen LogP contribution is -2.37. The van der Waals surface area contributed by atoms with E-state index < -0.39 is 0 Å². The Hall–Kier alpha value is -3.15. The quantitative estimate of drug-likeness (QED) is 0.817. The summed E-state index contributed by atoms with van der Waals surface area (Å²) in [6.45, 7) is 5.01. The van der Waals surface area contributed by atoms with Gasteiger partial charge in [-0.15, -0.1) is 0 Å². The molecule has 1 N–H and O–H groups in total. The number of carbonyl (C=O) groups is 2. The second kappa shape index (κ2) is 7.70. The molecule has 0 spiro atoms. The molecule has 1 saturated carbocycles. The lowest BCUT2D eigenvalue weighted by atomic mass is 9.99. The molecule has 6 nitrogen and oxygen atoms in total. The third-order valence-corrected chi connectivity index (χ3v) is 5.42. The van der Waals surface area contributed by atoms with Crippen molar-refractivity contribution in [3.05, 3.63) is 59.3 Å². The van der Waals surface area contributed by atoms with Crippen molar-refractivity contribution < 1.29 is 14.3 Å². The van der Waals surface area contributed by atoms with E-state index in [2.05, 4.69) is 10.3 Å². The number of rotatable bonds is 6. The lowest BCUT2D eigenvalue weighted by Gasteiger charge is -2.27. The van der Waals surface area contributed by atoms with Crippen LogP contribution < -0.4 is 10.1 Å². The summed E-state index contributed by atoms with van der Waals surface area (Å²) in [5.74, 6) is 1.26. The van der Waals surface area contributed by atoms with Gasteiger partial charge in [0.2, 0.25) is 11.8 Å². The number of benzene rings is 1. The van der Waals surface area contributed by atoms with Crippen LogP contribution in [0.1, 0.15) is 48.2 Å². The van der Waals surface area contributed by atoms with Gasteiger partial charge in [-0.1, -0.05) is 12.2 Å². The summed E-state index contributed by atoms with van der Waals surface area (Å²) in [4.78, 5) is 29.9. The largest absolute Gasteiger partial charge is 0.439 e. The number of hydrogen-bond acceptors (Lipinski definition) is 4. The maximum absolute atomic E-state index is 12.4. The van der Waals surface area contributed by atoms with Gasteiger partial charge in [-0.25, -0.2) is 4.98 Å². The molecule has 1 aromatic heterocycles. The summed E-state index contributed by atoms with van der Waals surface area (Å²) in [5.41, 5.74) is 2.54. The highest BCUT2D eigenvalue weighted by Gasteiger charge is 2.40. The fraction of sp³-hybridized carbons (Fsp3) is 0.348. The van der Waals surface area contributed by atoms with Crippen LogP contribution in [-0.4, -0.2) is 40.3 Å². The lowest BCUT2D eigenvalue weighted by molar-refractivity contribution is -0.119. The number of ether oxygens (including phenoxy) is 1. The number of nitrogens with one attached hydrogen (secondary N) is 1. The zero-order chi connectivity index (χ0) is 20.4. The smallest absolute Gasteiger partial charge is 0.254 e. The summed E-state index contributed by atoms with van der Waals surface area (Å²) >= 11 is 0. The number of nitrogens with zero attached hydrogens (tertiary/aromatic N) is 2. The Balaban J connectivity index is 1.42. The minimum atomic E-state index is -0.186. The second-order valence-electron chi connectivity index (χ2n) is 7.66. The third-order valence-electron chi connectivity index (χ3n) is 5.42. The fourth-order valence-corrected chi connectivity index (χ4v) is 3.62. The molecule has 0 bridgehead atoms. The molecule has 1 aliphatic heterocycles. The van der Waals surface area contributed by atoms with Gasteiger partial charge in [0.15, 0.2) is 0 Å². The molecule has 6 heteroatoms. The number of hydrogen-bond donors (Lipinski definition) is 1. The van der Waals surface area contributed by atoms with Crippen molar-refractivity contribution in [3.63, 3.8) is 0 Å². The molecule has 29 heavy (non-hydrogen) atoms. The predicted octanol–water partition coefficient (Wildman–Crippen LogP) is 3.57. The molecule has 2 amide bonds. The first-order valence-electron chi connectivity index (χ1n) is 10.0. The SMILES string of the molecule is CCN1CCc2cc(Oc3ccc(/C=C/C4(NC(C)=O)CC4)cn3)ccc2C1=O. The Morgan fingerprint density at radius 2 is 2.14 bits per heavy atom. The summed E-state index contributed by atoms with van der Waals surface area (Å²) < 4.78 is 5.88. The third kappa shape index (κ3) is 4.31. The second-order valence-corrected chi connectivity index (χ2v) is 7.66. The van der Waals surface area contributed by atoms with Gasteiger partial charge < -0.3 is 15.0 Å². The Morgan fingerprint density at radius 3 is 2.79 bits per heavy atom. The van der Waals surface area contributed by atoms with Crippen LogP contribution in [0.25, 0.3) is 6.08 Å². The topological polar surface area (TPSA) is 71.5 Å². The summed E-state index contributed by atoms with van der Waals surface area (Å²) in [6.07, 6.45) is 8.52. The number of amides is 2. The molecule has 150 valence electrons. The molecular weight excluding hydrogens is 366 g/mol. The molecule has 2 aliphatic rings. The van der Waals surface area contributed by atoms with E-state index in [0.29, 0.717) is 11.6 Å². The van der Waals surface area contributed by atoms with E-state index in [1.807, 2.05) is 54.3 Å². The number of aromatic nitrogens is 1. The molecule has 4 rings (SSSR count). The van der Waals surface area contributed by atoms with E-state index in [1.165, 1.54) is 6.92 Å². The van der Waals surface area contributed by atoms with Crippen LogP contribution in [0, 0.1) is 0 Å². The fourth-order valence-electron chi connectivity index (χ4n) is 3.62. The van der Waals surface area contributed by atoms with Gasteiger partial charge in [-0.3, -0.25) is 9.59 Å². The highest BCUT2D eigenvalue weighted by atomic mass is 16.5. The van der Waals surface area contributed by atoms with Crippen molar-refractivity contribution in [2.45, 2.75) is 38.6 Å². The standard InChI is InChI=1S/C23H25N3O3/c1-3-26-13-9-18-14-19(5-6-20(18)22(26)28)29-21-7-4-17(15-24-21)8-10-23(11-12-23)25-16(2)27/h4-8,10,14-15H,3,9,11-13H2,1-2H3,(H,25,27)/b10-8+. The summed E-state index contributed by atoms with van der Waals surface area (Å²) in [5, 5.41) is 2.98. The first-order valence-corrected chi connectivity index (χ1v) is 10.0. The minimum absolute atomic E-state index is 0.0109. The Kier molecular flexibility index (Phi) is 5.09. The summed E-state index contributed by atoms with van der Waals surface area (Å²) in [6, 6.07) is 9.34. The number of pyridine rings is 1. The van der Waals surface area contributed by atoms with Crippen molar-refractivity contribution in [2.75, 3.05) is 13.1 Å². The molecule has 1 aliphatic carbocycles. The van der Waals surface area contributed by atoms with E-state index >= 15 is 0 Å². The van der Waals surface area contributed by atoms with Crippen molar-refractivity contribution >= 4 is 17.9 Å². The van der Waals surface area contributed by atoms with Crippen LogP contribution >= 0.6 is 0 Å². The normalized spacial score (nSPS) is 17.2. The first kappa shape index (κ1) is 19.2. The number of fused-ring (bicyclic) bond motifs is 1. The van der Waals surface area contributed by atoms with Crippen LogP contribution in [0.3, 0.4) is 0 Å². The van der Waals surface area contributed by atoms with E-state index in [-0.39, 0.29) is 17.4 Å². The zero-order valence-electron chi connectivity index (χ0n) is 16.8. The van der Waals surface area contributed by atoms with Gasteiger partial charge in [0, 0.05) is 37.8 Å². The Morgan fingerprint density at radius 1 is 1.31 bits per heavy atom. The van der Waals surface area contributed by atoms with E-state index in [4.69, 9.17) is 4.74 Å². The molecule has 1 aromatic carbocycles. The van der Waals surface area contributed by atoms with E-state index in [0.717, 1.165) is 49.0 Å². The van der Waals surface area contributed by atoms with Gasteiger partial charge in [-0.2, -0.15) is 0 Å². The van der Waals surface area contributed by atoms with Crippen LogP contribution in [-0.2, 0) is 11.2 Å². The molecule has 2 aromatic rings. The average Bonchev–Trinajstić information content (AvgIpc) is 3.47. The molecule has 1 fully saturated rings. The average molecular weight is 391 g/mol. The van der Waals surface area contributed by atoms with Crippen molar-refractivity contribution in [1.82, 2.24) is 15.2 Å². The highest BCUT2D eigenvalue weighted by molar-refractivity contribution is 5.96. The van der Waals surface area contributed by atoms with Crippen molar-refractivity contribution in [2.24, 2.45) is 0 Å². The van der Waals surface area contributed by atoms with Crippen LogP contribution in [0.15, 0.2) is 42.6 Å². The monoisotopic (exact) mass is 391 g/mol. The van der Waals surface area contributed by atoms with E-state index in [9.17, 15) is 9.59 Å². The van der Waals surface area contributed by atoms with E-state index in [1.54, 1.807) is 6.20 Å². The first-order chi connectivity index (χ1) is 14.0. The maximum Gasteiger partial charge on any atom is 0.254 e. The molecule has 0 radical (unpaired) electrons. The molecule has 0 unspecified atom stereocenters. The van der Waals surface area contributed by atoms with Gasteiger partial charge in [0.1, 0.15) is 5.75 Å². The predicted molar refractivity (Wildman–Crippen MR) is 111 cm³/mol. The zero-order valence-corrected chi connectivity index (χ0v) is 16.8. The van der Waals surface area contributed by atoms with Crippen molar-refractivity contribution in [3.8, 4) is 11.6 Å². The number of likely N-dealkylation sites (N-methyl/N-ethyl adjacent to an activating group) is 1. The Bertz CT molecular complexity index is 962. The van der Waals surface area contributed by atoms with Crippen LogP contribution in [0.2, 0.25) is 0 Å². The van der Waals surface area contributed by atoms with Crippen LogP contribution in [0.5, 0.6) is 11.6 Å². The maximum atomic E-state index is 12.4. The summed E-state index contributed by atoms with van der Waals surface area (Å²) in [7, 11) is 0. The van der Waals surface area contributed by atoms with Gasteiger partial charge >= 0.3 is 0 Å². The van der Waals surface area contributed by atoms with Crippen LogP contribution in [0.4, 0.5) is 0 Å². The molecule has 2 heterocycles. The molecule has 0 saturated heterocycles. The highest BCUT2D eigenvalue weighted by Crippen LogP contribution is 2.37. The van der Waals surface area contributed by atoms with Crippen molar-refractivity contribution in [1.29, 1.82) is 0 Å². The minimum Gasteiger partial charge on any atom is -0.439 e.